The van der Waals surface area contributed by atoms with Gasteiger partial charge >= 0.3 is 0 Å². The molecule has 0 spiro atoms. The number of rotatable bonds is 3. The number of aryl methyl sites for hydroxylation is 1. The Bertz CT molecular complexity index is 384. The third kappa shape index (κ3) is 1.98. The van der Waals surface area contributed by atoms with Crippen LogP contribution in [0.5, 0.6) is 5.75 Å². The van der Waals surface area contributed by atoms with E-state index >= 15 is 0 Å². The molecule has 2 heteroatoms. The van der Waals surface area contributed by atoms with E-state index in [1.54, 1.807) is 7.11 Å². The molecule has 0 saturated heterocycles. The molecule has 0 fully saturated rings. The summed E-state index contributed by atoms with van der Waals surface area (Å²) in [6.07, 6.45) is 4.46. The lowest BCUT2D eigenvalue weighted by atomic mass is 9.80. The number of benzene rings is 1. The SMILES string of the molecule is C=CC[C@H]1CCc2cc(OC)ccc2[C@@H]1O. The van der Waals surface area contributed by atoms with E-state index in [1.165, 1.54) is 5.56 Å². The normalized spacial score (nSPS) is 23.6. The third-order valence-electron chi connectivity index (χ3n) is 3.37. The zero-order chi connectivity index (χ0) is 11.5. The van der Waals surface area contributed by atoms with Crippen LogP contribution in [-0.4, -0.2) is 12.2 Å². The van der Waals surface area contributed by atoms with E-state index in [2.05, 4.69) is 6.58 Å². The maximum absolute atomic E-state index is 10.2. The van der Waals surface area contributed by atoms with Crippen molar-refractivity contribution in [1.82, 2.24) is 0 Å². The van der Waals surface area contributed by atoms with Crippen LogP contribution in [0.4, 0.5) is 0 Å². The van der Waals surface area contributed by atoms with Gasteiger partial charge in [0.2, 0.25) is 0 Å². The summed E-state index contributed by atoms with van der Waals surface area (Å²) in [5.74, 6) is 1.19. The van der Waals surface area contributed by atoms with Gasteiger partial charge < -0.3 is 9.84 Å². The lowest BCUT2D eigenvalue weighted by Gasteiger charge is -2.29. The number of aliphatic hydroxyl groups excluding tert-OH is 1. The first-order valence-corrected chi connectivity index (χ1v) is 5.72. The monoisotopic (exact) mass is 218 g/mol. The van der Waals surface area contributed by atoms with Gasteiger partial charge in [0.1, 0.15) is 5.75 Å². The Balaban J connectivity index is 2.27. The van der Waals surface area contributed by atoms with Crippen molar-refractivity contribution in [2.24, 2.45) is 5.92 Å². The van der Waals surface area contributed by atoms with E-state index in [1.807, 2.05) is 24.3 Å². The van der Waals surface area contributed by atoms with Gasteiger partial charge in [0, 0.05) is 0 Å². The van der Waals surface area contributed by atoms with Gasteiger partial charge in [-0.05, 0) is 48.4 Å². The zero-order valence-corrected chi connectivity index (χ0v) is 9.65. The summed E-state index contributed by atoms with van der Waals surface area (Å²) in [6.45, 7) is 3.74. The fourth-order valence-corrected chi connectivity index (χ4v) is 2.43. The lowest BCUT2D eigenvalue weighted by Crippen LogP contribution is -2.20. The molecule has 0 bridgehead atoms. The molecular weight excluding hydrogens is 200 g/mol. The molecule has 1 aromatic rings. The number of fused-ring (bicyclic) bond motifs is 1. The summed E-state index contributed by atoms with van der Waals surface area (Å²) >= 11 is 0. The minimum Gasteiger partial charge on any atom is -0.497 e. The second-order valence-electron chi connectivity index (χ2n) is 4.33. The number of aliphatic hydroxyl groups is 1. The van der Waals surface area contributed by atoms with Gasteiger partial charge in [-0.2, -0.15) is 0 Å². The van der Waals surface area contributed by atoms with E-state index in [4.69, 9.17) is 4.74 Å². The van der Waals surface area contributed by atoms with E-state index in [-0.39, 0.29) is 6.10 Å². The van der Waals surface area contributed by atoms with Crippen molar-refractivity contribution in [3.63, 3.8) is 0 Å². The van der Waals surface area contributed by atoms with Crippen molar-refractivity contribution in [1.29, 1.82) is 0 Å². The van der Waals surface area contributed by atoms with Gasteiger partial charge in [0.25, 0.3) is 0 Å². The third-order valence-corrected chi connectivity index (χ3v) is 3.37. The fourth-order valence-electron chi connectivity index (χ4n) is 2.43. The highest BCUT2D eigenvalue weighted by Crippen LogP contribution is 2.37. The quantitative estimate of drug-likeness (QED) is 0.790. The van der Waals surface area contributed by atoms with Crippen LogP contribution in [0.15, 0.2) is 30.9 Å². The highest BCUT2D eigenvalue weighted by molar-refractivity contribution is 5.38. The second-order valence-corrected chi connectivity index (χ2v) is 4.33. The highest BCUT2D eigenvalue weighted by atomic mass is 16.5. The minimum atomic E-state index is -0.354. The molecule has 1 aromatic carbocycles. The Hall–Kier alpha value is -1.28. The average molecular weight is 218 g/mol. The van der Waals surface area contributed by atoms with Gasteiger partial charge in [-0.25, -0.2) is 0 Å². The van der Waals surface area contributed by atoms with Gasteiger partial charge in [0.05, 0.1) is 13.2 Å². The van der Waals surface area contributed by atoms with Gasteiger partial charge in [-0.1, -0.05) is 12.1 Å². The predicted molar refractivity (Wildman–Crippen MR) is 64.6 cm³/mol. The summed E-state index contributed by atoms with van der Waals surface area (Å²) in [6, 6.07) is 5.93. The van der Waals surface area contributed by atoms with Crippen LogP contribution in [0, 0.1) is 5.92 Å². The van der Waals surface area contributed by atoms with Crippen LogP contribution >= 0.6 is 0 Å². The van der Waals surface area contributed by atoms with Crippen LogP contribution in [0.2, 0.25) is 0 Å². The number of ether oxygens (including phenoxy) is 1. The minimum absolute atomic E-state index is 0.318. The molecule has 2 rings (SSSR count). The average Bonchev–Trinajstić information content (AvgIpc) is 2.32. The van der Waals surface area contributed by atoms with Gasteiger partial charge in [0.15, 0.2) is 0 Å². The van der Waals surface area contributed by atoms with E-state index in [0.29, 0.717) is 5.92 Å². The Morgan fingerprint density at radius 3 is 3.06 bits per heavy atom. The second kappa shape index (κ2) is 4.71. The zero-order valence-electron chi connectivity index (χ0n) is 9.65. The van der Waals surface area contributed by atoms with Crippen LogP contribution in [0.1, 0.15) is 30.1 Å². The molecule has 1 aliphatic rings. The van der Waals surface area contributed by atoms with Crippen molar-refractivity contribution in [3.8, 4) is 5.75 Å². The molecule has 2 atom stereocenters. The molecule has 86 valence electrons. The van der Waals surface area contributed by atoms with Crippen molar-refractivity contribution in [2.45, 2.75) is 25.4 Å². The Morgan fingerprint density at radius 2 is 2.38 bits per heavy atom. The van der Waals surface area contributed by atoms with Gasteiger partial charge in [-0.15, -0.1) is 6.58 Å². The maximum Gasteiger partial charge on any atom is 0.119 e. The maximum atomic E-state index is 10.2. The Morgan fingerprint density at radius 1 is 1.56 bits per heavy atom. The summed E-state index contributed by atoms with van der Waals surface area (Å²) < 4.78 is 5.19. The van der Waals surface area contributed by atoms with Crippen molar-refractivity contribution in [2.75, 3.05) is 7.11 Å². The first-order chi connectivity index (χ1) is 7.76. The van der Waals surface area contributed by atoms with Crippen LogP contribution in [-0.2, 0) is 6.42 Å². The van der Waals surface area contributed by atoms with E-state index < -0.39 is 0 Å². The van der Waals surface area contributed by atoms with Crippen molar-refractivity contribution < 1.29 is 9.84 Å². The highest BCUT2D eigenvalue weighted by Gasteiger charge is 2.26. The van der Waals surface area contributed by atoms with Gasteiger partial charge in [-0.3, -0.25) is 0 Å². The number of methoxy groups -OCH3 is 1. The predicted octanol–water partition coefficient (Wildman–Crippen LogP) is 2.87. The number of hydrogen-bond acceptors (Lipinski definition) is 2. The van der Waals surface area contributed by atoms with E-state index in [0.717, 1.165) is 30.6 Å². The Kier molecular flexibility index (Phi) is 3.30. The lowest BCUT2D eigenvalue weighted by molar-refractivity contribution is 0.0951. The summed E-state index contributed by atoms with van der Waals surface area (Å²) in [5.41, 5.74) is 2.27. The van der Waals surface area contributed by atoms with Crippen LogP contribution in [0.25, 0.3) is 0 Å². The number of allylic oxidation sites excluding steroid dienone is 1. The first-order valence-electron chi connectivity index (χ1n) is 5.72. The molecule has 0 aromatic heterocycles. The number of hydrogen-bond donors (Lipinski definition) is 1. The van der Waals surface area contributed by atoms with Crippen molar-refractivity contribution in [3.05, 3.63) is 42.0 Å². The standard InChI is InChI=1S/C14H18O2/c1-3-4-10-5-6-11-9-12(16-2)7-8-13(11)14(10)15/h3,7-10,14-15H,1,4-6H2,2H3/t10-,14+/m0/s1. The van der Waals surface area contributed by atoms with Crippen LogP contribution in [0.3, 0.4) is 0 Å². The van der Waals surface area contributed by atoms with E-state index in [9.17, 15) is 5.11 Å². The Labute approximate surface area is 96.6 Å². The van der Waals surface area contributed by atoms with Crippen LogP contribution < -0.4 is 4.74 Å². The molecule has 0 heterocycles. The first kappa shape index (κ1) is 11.2. The largest absolute Gasteiger partial charge is 0.497 e. The molecule has 2 nitrogen and oxygen atoms in total. The molecule has 1 aliphatic carbocycles. The smallest absolute Gasteiger partial charge is 0.119 e. The molecule has 1 N–H and O–H groups in total. The summed E-state index contributed by atoms with van der Waals surface area (Å²) in [7, 11) is 1.67. The summed E-state index contributed by atoms with van der Waals surface area (Å²) in [4.78, 5) is 0. The molecule has 0 aliphatic heterocycles. The molecule has 0 unspecified atom stereocenters. The molecule has 0 amide bonds. The topological polar surface area (TPSA) is 29.5 Å². The molecule has 16 heavy (non-hydrogen) atoms. The molecular formula is C14H18O2. The molecule has 0 saturated carbocycles. The van der Waals surface area contributed by atoms with Crippen molar-refractivity contribution >= 4 is 0 Å². The summed E-state index contributed by atoms with van der Waals surface area (Å²) in [5, 5.41) is 10.2. The fraction of sp³-hybridized carbons (Fsp3) is 0.429. The molecule has 0 radical (unpaired) electrons.